The van der Waals surface area contributed by atoms with E-state index in [4.69, 9.17) is 18.9 Å². The van der Waals surface area contributed by atoms with Crippen molar-refractivity contribution < 1.29 is 36.5 Å². The number of rotatable bonds is 7. The Morgan fingerprint density at radius 2 is 1.68 bits per heavy atom. The highest BCUT2D eigenvalue weighted by atomic mass is 19.3. The smallest absolute Gasteiger partial charge is 0.342 e. The van der Waals surface area contributed by atoms with E-state index in [1.807, 2.05) is 0 Å². The predicted molar refractivity (Wildman–Crippen MR) is 90.9 cm³/mol. The number of ether oxygens (including phenoxy) is 4. The van der Waals surface area contributed by atoms with E-state index in [1.165, 1.54) is 26.4 Å². The van der Waals surface area contributed by atoms with Gasteiger partial charge >= 0.3 is 11.8 Å². The quantitative estimate of drug-likeness (QED) is 0.656. The van der Waals surface area contributed by atoms with Crippen molar-refractivity contribution in [2.75, 3.05) is 20.8 Å². The second-order valence-corrected chi connectivity index (χ2v) is 6.20. The van der Waals surface area contributed by atoms with Crippen molar-refractivity contribution in [3.63, 3.8) is 0 Å². The molecule has 0 spiro atoms. The van der Waals surface area contributed by atoms with Gasteiger partial charge in [0.1, 0.15) is 0 Å². The van der Waals surface area contributed by atoms with Gasteiger partial charge < -0.3 is 18.9 Å². The Labute approximate surface area is 159 Å². The maximum atomic E-state index is 14.5. The molecule has 0 N–H and O–H groups in total. The molecule has 152 valence electrons. The summed E-state index contributed by atoms with van der Waals surface area (Å²) in [6.07, 6.45) is -4.36. The summed E-state index contributed by atoms with van der Waals surface area (Å²) < 4.78 is 77.9. The van der Waals surface area contributed by atoms with E-state index in [-0.39, 0.29) is 23.9 Å². The van der Waals surface area contributed by atoms with Crippen LogP contribution < -0.4 is 9.47 Å². The molecule has 2 atom stereocenters. The van der Waals surface area contributed by atoms with Gasteiger partial charge in [0.05, 0.1) is 27.4 Å². The van der Waals surface area contributed by atoms with Crippen LogP contribution in [0.15, 0.2) is 42.5 Å². The number of methoxy groups -OCH3 is 2. The number of halogens is 4. The van der Waals surface area contributed by atoms with E-state index in [0.717, 1.165) is 5.56 Å². The van der Waals surface area contributed by atoms with Gasteiger partial charge in [-0.25, -0.2) is 0 Å². The summed E-state index contributed by atoms with van der Waals surface area (Å²) in [7, 11) is 2.52. The molecule has 0 amide bonds. The molecule has 0 bridgehead atoms. The summed E-state index contributed by atoms with van der Waals surface area (Å²) in [5.74, 6) is -9.08. The molecule has 3 rings (SSSR count). The van der Waals surface area contributed by atoms with Gasteiger partial charge in [0.2, 0.25) is 11.8 Å². The Hall–Kier alpha value is -2.39. The third kappa shape index (κ3) is 3.64. The lowest BCUT2D eigenvalue weighted by atomic mass is 10.0. The van der Waals surface area contributed by atoms with E-state index < -0.39 is 30.7 Å². The average Bonchev–Trinajstić information content (AvgIpc) is 2.87. The molecule has 2 heterocycles. The van der Waals surface area contributed by atoms with Crippen LogP contribution in [0, 0.1) is 0 Å². The number of hydrogen-bond acceptors (Lipinski definition) is 5. The zero-order chi connectivity index (χ0) is 20.4. The second kappa shape index (κ2) is 7.92. The number of hydrogen-bond donors (Lipinski definition) is 0. The minimum atomic E-state index is -4.47. The Morgan fingerprint density at radius 3 is 2.32 bits per heavy atom. The van der Waals surface area contributed by atoms with Crippen LogP contribution in [-0.2, 0) is 16.1 Å². The van der Waals surface area contributed by atoms with Gasteiger partial charge in [0.15, 0.2) is 12.2 Å². The first-order valence-electron chi connectivity index (χ1n) is 8.43. The summed E-state index contributed by atoms with van der Waals surface area (Å²) in [4.78, 5) is 3.86. The first-order valence-corrected chi connectivity index (χ1v) is 8.43. The highest BCUT2D eigenvalue weighted by Gasteiger charge is 2.73. The summed E-state index contributed by atoms with van der Waals surface area (Å²) in [6, 6.07) is 11.2. The Bertz CT molecular complexity index is 804. The van der Waals surface area contributed by atoms with Gasteiger partial charge in [-0.05, 0) is 11.6 Å². The summed E-state index contributed by atoms with van der Waals surface area (Å²) in [6.45, 7) is -0.694. The highest BCUT2D eigenvalue weighted by molar-refractivity contribution is 5.35. The third-order valence-corrected chi connectivity index (χ3v) is 4.41. The Balaban J connectivity index is 1.79. The molecule has 1 saturated heterocycles. The number of aromatic nitrogens is 1. The maximum absolute atomic E-state index is 14.5. The molecule has 1 fully saturated rings. The SMILES string of the molecule is COc1ccc([C@H]2O[C@@H](COCc3ccccc3)C(F)(F)C2(F)F)c(OC)n1. The lowest BCUT2D eigenvalue weighted by Crippen LogP contribution is -2.45. The van der Waals surface area contributed by atoms with Crippen molar-refractivity contribution in [2.24, 2.45) is 0 Å². The van der Waals surface area contributed by atoms with Crippen molar-refractivity contribution in [3.8, 4) is 11.8 Å². The van der Waals surface area contributed by atoms with Crippen LogP contribution in [0.5, 0.6) is 11.8 Å². The fourth-order valence-corrected chi connectivity index (χ4v) is 2.91. The van der Waals surface area contributed by atoms with Crippen molar-refractivity contribution in [3.05, 3.63) is 53.6 Å². The molecule has 2 aromatic rings. The average molecular weight is 401 g/mol. The first kappa shape index (κ1) is 20.3. The lowest BCUT2D eigenvalue weighted by molar-refractivity contribution is -0.204. The van der Waals surface area contributed by atoms with Crippen LogP contribution in [0.1, 0.15) is 17.2 Å². The number of pyridine rings is 1. The van der Waals surface area contributed by atoms with Gasteiger partial charge in [-0.3, -0.25) is 0 Å². The molecule has 28 heavy (non-hydrogen) atoms. The van der Waals surface area contributed by atoms with Crippen molar-refractivity contribution >= 4 is 0 Å². The van der Waals surface area contributed by atoms with Crippen molar-refractivity contribution in [1.29, 1.82) is 0 Å². The molecule has 0 radical (unpaired) electrons. The zero-order valence-electron chi connectivity index (χ0n) is 15.2. The van der Waals surface area contributed by atoms with Crippen molar-refractivity contribution in [2.45, 2.75) is 30.7 Å². The summed E-state index contributed by atoms with van der Waals surface area (Å²) >= 11 is 0. The first-order chi connectivity index (χ1) is 13.3. The molecular formula is C19H19F4NO4. The summed E-state index contributed by atoms with van der Waals surface area (Å²) in [5.41, 5.74) is 0.437. The number of nitrogens with zero attached hydrogens (tertiary/aromatic N) is 1. The molecule has 0 aliphatic carbocycles. The Morgan fingerprint density at radius 1 is 0.964 bits per heavy atom. The van der Waals surface area contributed by atoms with Gasteiger partial charge in [-0.2, -0.15) is 22.5 Å². The predicted octanol–water partition coefficient (Wildman–Crippen LogP) is 4.03. The fourth-order valence-electron chi connectivity index (χ4n) is 2.91. The normalized spacial score (nSPS) is 22.8. The molecule has 1 aromatic heterocycles. The van der Waals surface area contributed by atoms with E-state index in [2.05, 4.69) is 4.98 Å². The molecule has 1 aliphatic heterocycles. The van der Waals surface area contributed by atoms with Gasteiger partial charge in [-0.15, -0.1) is 0 Å². The van der Waals surface area contributed by atoms with Crippen LogP contribution >= 0.6 is 0 Å². The third-order valence-electron chi connectivity index (χ3n) is 4.41. The van der Waals surface area contributed by atoms with E-state index in [1.54, 1.807) is 30.3 Å². The molecule has 0 saturated carbocycles. The topological polar surface area (TPSA) is 49.8 Å². The van der Waals surface area contributed by atoms with Crippen molar-refractivity contribution in [1.82, 2.24) is 4.98 Å². The van der Waals surface area contributed by atoms with Crippen LogP contribution in [0.25, 0.3) is 0 Å². The van der Waals surface area contributed by atoms with E-state index in [9.17, 15) is 17.6 Å². The fraction of sp³-hybridized carbons (Fsp3) is 0.421. The van der Waals surface area contributed by atoms with E-state index in [0.29, 0.717) is 0 Å². The second-order valence-electron chi connectivity index (χ2n) is 6.20. The van der Waals surface area contributed by atoms with Crippen LogP contribution in [0.3, 0.4) is 0 Å². The summed E-state index contributed by atoms with van der Waals surface area (Å²) in [5, 5.41) is 0. The monoisotopic (exact) mass is 401 g/mol. The van der Waals surface area contributed by atoms with Gasteiger partial charge in [0, 0.05) is 11.6 Å². The minimum absolute atomic E-state index is 0.000427. The molecule has 0 unspecified atom stereocenters. The minimum Gasteiger partial charge on any atom is -0.481 e. The lowest BCUT2D eigenvalue weighted by Gasteiger charge is -2.23. The van der Waals surface area contributed by atoms with Crippen LogP contribution in [0.4, 0.5) is 17.6 Å². The molecule has 5 nitrogen and oxygen atoms in total. The Kier molecular flexibility index (Phi) is 5.76. The number of alkyl halides is 4. The molecular weight excluding hydrogens is 382 g/mol. The largest absolute Gasteiger partial charge is 0.481 e. The van der Waals surface area contributed by atoms with Gasteiger partial charge in [-0.1, -0.05) is 30.3 Å². The standard InChI is InChI=1S/C19H19F4NO4/c1-25-15-9-8-13(17(24-15)26-2)16-19(22,23)18(20,21)14(28-16)11-27-10-12-6-4-3-5-7-12/h3-9,14,16H,10-11H2,1-2H3/t14-,16+/m0/s1. The van der Waals surface area contributed by atoms with Crippen LogP contribution in [-0.4, -0.2) is 43.8 Å². The maximum Gasteiger partial charge on any atom is 0.342 e. The van der Waals surface area contributed by atoms with Gasteiger partial charge in [0.25, 0.3) is 0 Å². The zero-order valence-corrected chi connectivity index (χ0v) is 15.2. The molecule has 9 heteroatoms. The van der Waals surface area contributed by atoms with Crippen LogP contribution in [0.2, 0.25) is 0 Å². The highest BCUT2D eigenvalue weighted by Crippen LogP contribution is 2.55. The molecule has 1 aromatic carbocycles. The van der Waals surface area contributed by atoms with E-state index >= 15 is 0 Å². The molecule has 1 aliphatic rings. The number of benzene rings is 1.